The molecule has 4 unspecified atom stereocenters. The van der Waals surface area contributed by atoms with Crippen LogP contribution in [-0.2, 0) is 55.9 Å². The molecule has 0 spiro atoms. The van der Waals surface area contributed by atoms with Crippen LogP contribution in [-0.4, -0.2) is 84.1 Å². The van der Waals surface area contributed by atoms with Crippen LogP contribution in [0.15, 0.2) is 65.8 Å². The van der Waals surface area contributed by atoms with E-state index in [2.05, 4.69) is 10.0 Å². The third-order valence-corrected chi connectivity index (χ3v) is 8.11. The lowest BCUT2D eigenvalue weighted by molar-refractivity contribution is -0.349. The Hall–Kier alpha value is -2.68. The summed E-state index contributed by atoms with van der Waals surface area (Å²) in [5.74, 6) is -1.46. The highest BCUT2D eigenvalue weighted by atomic mass is 35.6. The average molecular weight is 716 g/mol. The first-order valence-electron chi connectivity index (χ1n) is 14.8. The highest BCUT2D eigenvalue weighted by molar-refractivity contribution is 6.76. The van der Waals surface area contributed by atoms with Crippen LogP contribution in [0.25, 0.3) is 10.4 Å². The summed E-state index contributed by atoms with van der Waals surface area (Å²) in [5, 5.41) is 12.1. The average Bonchev–Trinajstić information content (AvgIpc) is 3.03. The molecule has 0 bridgehead atoms. The van der Waals surface area contributed by atoms with E-state index in [0.717, 1.165) is 11.1 Å². The van der Waals surface area contributed by atoms with E-state index in [1.54, 1.807) is 13.8 Å². The fraction of sp³-hybridized carbons (Fsp3) is 0.548. The van der Waals surface area contributed by atoms with Gasteiger partial charge in [0.05, 0.1) is 31.5 Å². The van der Waals surface area contributed by atoms with Crippen LogP contribution in [0.4, 0.5) is 0 Å². The molecule has 0 aromatic heterocycles. The van der Waals surface area contributed by atoms with Crippen molar-refractivity contribution in [2.24, 2.45) is 5.11 Å². The van der Waals surface area contributed by atoms with Gasteiger partial charge in [0, 0.05) is 18.9 Å². The van der Waals surface area contributed by atoms with Crippen molar-refractivity contribution in [2.75, 3.05) is 7.11 Å². The Morgan fingerprint density at radius 1 is 0.851 bits per heavy atom. The van der Waals surface area contributed by atoms with E-state index in [-0.39, 0.29) is 13.2 Å². The number of alkyl halides is 3. The molecule has 47 heavy (non-hydrogen) atoms. The Balaban J connectivity index is 1.69. The predicted molar refractivity (Wildman–Crippen MR) is 172 cm³/mol. The zero-order valence-electron chi connectivity index (χ0n) is 26.1. The molecule has 0 aliphatic carbocycles. The molecule has 2 saturated heterocycles. The van der Waals surface area contributed by atoms with Gasteiger partial charge in [0.1, 0.15) is 24.4 Å². The summed E-state index contributed by atoms with van der Waals surface area (Å²) in [5.41, 5.74) is 11.1. The highest BCUT2D eigenvalue weighted by Gasteiger charge is 2.54. The molecule has 2 aliphatic rings. The fourth-order valence-electron chi connectivity index (χ4n) is 5.39. The second-order valence-electron chi connectivity index (χ2n) is 11.0. The van der Waals surface area contributed by atoms with Gasteiger partial charge in [-0.2, -0.15) is 0 Å². The number of rotatable bonds is 12. The van der Waals surface area contributed by atoms with Crippen LogP contribution >= 0.6 is 34.8 Å². The van der Waals surface area contributed by atoms with E-state index in [4.69, 9.17) is 78.1 Å². The molecule has 2 fully saturated rings. The van der Waals surface area contributed by atoms with E-state index in [9.17, 15) is 10.3 Å². The fourth-order valence-corrected chi connectivity index (χ4v) is 5.53. The smallest absolute Gasteiger partial charge is 0.303 e. The molecule has 2 heterocycles. The van der Waals surface area contributed by atoms with Gasteiger partial charge in [-0.1, -0.05) is 101 Å². The summed E-state index contributed by atoms with van der Waals surface area (Å²) in [6, 6.07) is 18.1. The first-order valence-corrected chi connectivity index (χ1v) is 15.9. The van der Waals surface area contributed by atoms with Crippen LogP contribution < -0.4 is 0 Å². The van der Waals surface area contributed by atoms with Gasteiger partial charge in [-0.05, 0) is 30.5 Å². The number of azide groups is 1. The molecule has 16 heteroatoms. The van der Waals surface area contributed by atoms with Gasteiger partial charge >= 0.3 is 5.97 Å². The highest BCUT2D eigenvalue weighted by Crippen LogP contribution is 2.37. The monoisotopic (exact) mass is 714 g/mol. The van der Waals surface area contributed by atoms with E-state index in [1.807, 2.05) is 60.7 Å². The number of ether oxygens (including phenoxy) is 8. The SMILES string of the molecule is COC1[C@H](O[C@@H]2C(OC(C)=O)[C@H](OC(=N)C(Cl)(Cl)Cl)OC(C)[C@@H]2OCc2ccccc2)OC(C)[C@@H](N=[N+]=[N-])[C@@H]1OCc1ccccc1. The maximum absolute atomic E-state index is 12.4. The predicted octanol–water partition coefficient (Wildman–Crippen LogP) is 6.02. The van der Waals surface area contributed by atoms with Crippen molar-refractivity contribution < 1.29 is 42.7 Å². The minimum absolute atomic E-state index is 0.152. The Bertz CT molecular complexity index is 1370. The van der Waals surface area contributed by atoms with Crippen LogP contribution in [0.1, 0.15) is 31.9 Å². The normalized spacial score (nSPS) is 31.0. The van der Waals surface area contributed by atoms with Gasteiger partial charge in [0.25, 0.3) is 3.79 Å². The maximum atomic E-state index is 12.4. The van der Waals surface area contributed by atoms with Crippen molar-refractivity contribution in [1.82, 2.24) is 0 Å². The molecule has 2 aromatic carbocycles. The van der Waals surface area contributed by atoms with E-state index in [1.165, 1.54) is 14.0 Å². The van der Waals surface area contributed by atoms with E-state index >= 15 is 0 Å². The lowest BCUT2D eigenvalue weighted by Gasteiger charge is -2.48. The number of benzene rings is 2. The molecule has 0 saturated carbocycles. The van der Waals surface area contributed by atoms with Gasteiger partial charge < -0.3 is 37.9 Å². The number of nitrogens with zero attached hydrogens (tertiary/aromatic N) is 3. The van der Waals surface area contributed by atoms with Crippen molar-refractivity contribution in [2.45, 2.75) is 99.1 Å². The first-order chi connectivity index (χ1) is 22.4. The molecular formula is C31H37Cl3N4O9. The molecule has 2 aromatic rings. The van der Waals surface area contributed by atoms with Crippen molar-refractivity contribution in [3.05, 3.63) is 82.2 Å². The standard InChI is InChI=1S/C31H37Cl3N4O9/c1-17-22(37-38-36)24(42-16-21-13-9-6-10-14-21)26(40-4)28(43-17)46-25-23(41-15-20-11-7-5-8-12-20)18(2)44-29(27(25)45-19(3)39)47-30(35)31(32,33)34/h5-14,17-18,22-29,35H,15-16H2,1-4H3/t17?,18?,22-,23+,24+,25+,26?,27?,28+,29+/m1/s1. The second-order valence-corrected chi connectivity index (χ2v) is 13.2. The molecule has 1 N–H and O–H groups in total. The van der Waals surface area contributed by atoms with E-state index < -0.39 is 77.0 Å². The number of halogens is 3. The quantitative estimate of drug-likeness (QED) is 0.0526. The minimum atomic E-state index is -2.23. The Morgan fingerprint density at radius 2 is 1.40 bits per heavy atom. The maximum Gasteiger partial charge on any atom is 0.303 e. The van der Waals surface area contributed by atoms with Crippen molar-refractivity contribution >= 4 is 46.7 Å². The minimum Gasteiger partial charge on any atom is -0.453 e. The number of hydrogen-bond acceptors (Lipinski definition) is 11. The summed E-state index contributed by atoms with van der Waals surface area (Å²) in [6.45, 7) is 4.95. The first kappa shape index (κ1) is 37.1. The Labute approximate surface area is 287 Å². The third-order valence-electron chi connectivity index (χ3n) is 7.60. The molecule has 2 aliphatic heterocycles. The summed E-state index contributed by atoms with van der Waals surface area (Å²) in [4.78, 5) is 15.4. The molecule has 256 valence electrons. The molecule has 13 nitrogen and oxygen atoms in total. The summed E-state index contributed by atoms with van der Waals surface area (Å²) >= 11 is 17.7. The van der Waals surface area contributed by atoms with Crippen LogP contribution in [0.2, 0.25) is 0 Å². The number of carbonyl (C=O) groups is 1. The third kappa shape index (κ3) is 9.93. The van der Waals surface area contributed by atoms with Crippen LogP contribution in [0, 0.1) is 5.41 Å². The molecule has 4 rings (SSSR count). The summed E-state index contributed by atoms with van der Waals surface area (Å²) in [7, 11) is 1.44. The summed E-state index contributed by atoms with van der Waals surface area (Å²) in [6.07, 6.45) is -9.17. The lowest BCUT2D eigenvalue weighted by atomic mass is 9.95. The largest absolute Gasteiger partial charge is 0.453 e. The Kier molecular flexibility index (Phi) is 13.5. The molecule has 0 amide bonds. The number of carbonyl (C=O) groups excluding carboxylic acids is 1. The summed E-state index contributed by atoms with van der Waals surface area (Å²) < 4.78 is 46.4. The number of methoxy groups -OCH3 is 1. The molecular weight excluding hydrogens is 679 g/mol. The van der Waals surface area contributed by atoms with Gasteiger partial charge in [0.2, 0.25) is 12.2 Å². The molecule has 0 radical (unpaired) electrons. The van der Waals surface area contributed by atoms with Crippen molar-refractivity contribution in [3.63, 3.8) is 0 Å². The van der Waals surface area contributed by atoms with Crippen LogP contribution in [0.5, 0.6) is 0 Å². The van der Waals surface area contributed by atoms with Crippen LogP contribution in [0.3, 0.4) is 0 Å². The number of esters is 1. The van der Waals surface area contributed by atoms with E-state index in [0.29, 0.717) is 0 Å². The molecule has 10 atom stereocenters. The Morgan fingerprint density at radius 3 is 1.91 bits per heavy atom. The van der Waals surface area contributed by atoms with Gasteiger partial charge in [-0.15, -0.1) is 0 Å². The van der Waals surface area contributed by atoms with Crippen molar-refractivity contribution in [1.29, 1.82) is 5.41 Å². The van der Waals surface area contributed by atoms with Gasteiger partial charge in [-0.25, -0.2) is 0 Å². The number of hydrogen-bond donors (Lipinski definition) is 1. The second kappa shape index (κ2) is 17.1. The number of nitrogens with one attached hydrogen (secondary N) is 1. The van der Waals surface area contributed by atoms with Gasteiger partial charge in [0.15, 0.2) is 12.4 Å². The van der Waals surface area contributed by atoms with Crippen molar-refractivity contribution in [3.8, 4) is 0 Å². The zero-order chi connectivity index (χ0) is 34.1. The van der Waals surface area contributed by atoms with Gasteiger partial charge in [-0.3, -0.25) is 10.2 Å². The lowest BCUT2D eigenvalue weighted by Crippen LogP contribution is -2.65. The zero-order valence-corrected chi connectivity index (χ0v) is 28.4. The topological polar surface area (TPSA) is 164 Å².